The second-order valence-electron chi connectivity index (χ2n) is 2.73. The van der Waals surface area contributed by atoms with E-state index in [0.29, 0.717) is 12.8 Å². The number of hydrogen-bond acceptors (Lipinski definition) is 2. The number of Topliss-reactive ketones (excluding diaryl/α,β-unsaturated/α-hetero) is 1. The summed E-state index contributed by atoms with van der Waals surface area (Å²) in [5.41, 5.74) is 4.93. The Hall–Kier alpha value is -0.860. The lowest BCUT2D eigenvalue weighted by atomic mass is 10.1. The normalized spacial score (nSPS) is 9.55. The summed E-state index contributed by atoms with van der Waals surface area (Å²) in [5.74, 6) is -0.0445. The average molecular weight is 157 g/mol. The minimum Gasteiger partial charge on any atom is -0.370 e. The van der Waals surface area contributed by atoms with Crippen LogP contribution in [0.2, 0.25) is 0 Å². The highest BCUT2D eigenvalue weighted by Crippen LogP contribution is 2.02. The van der Waals surface area contributed by atoms with Gasteiger partial charge in [0.25, 0.3) is 0 Å². The van der Waals surface area contributed by atoms with Crippen LogP contribution in [0.25, 0.3) is 0 Å². The van der Waals surface area contributed by atoms with E-state index >= 15 is 0 Å². The van der Waals surface area contributed by atoms with Crippen molar-refractivity contribution in [1.82, 2.24) is 0 Å². The van der Waals surface area contributed by atoms with Gasteiger partial charge in [-0.15, -0.1) is 0 Å². The van der Waals surface area contributed by atoms with Crippen LogP contribution in [0.4, 0.5) is 0 Å². The zero-order valence-corrected chi connectivity index (χ0v) is 6.93. The van der Waals surface area contributed by atoms with Crippen LogP contribution in [0, 0.1) is 0 Å². The van der Waals surface area contributed by atoms with Gasteiger partial charge in [-0.3, -0.25) is 4.79 Å². The minimum absolute atomic E-state index is 0.212. The summed E-state index contributed by atoms with van der Waals surface area (Å²) in [6.07, 6.45) is 3.67. The molecular weight excluding hydrogens is 142 g/mol. The van der Waals surface area contributed by atoms with Gasteiger partial charge in [-0.05, 0) is 19.8 Å². The van der Waals surface area contributed by atoms with E-state index < -0.39 is 0 Å². The zero-order chi connectivity index (χ0) is 8.69. The molecule has 0 fully saturated rings. The van der Waals surface area contributed by atoms with Crippen LogP contribution in [0.15, 0.2) is 0 Å². The number of amides is 1. The van der Waals surface area contributed by atoms with E-state index in [1.165, 1.54) is 0 Å². The second kappa shape index (κ2) is 5.89. The fraction of sp³-hybridized carbons (Fsp3) is 0.750. The van der Waals surface area contributed by atoms with Gasteiger partial charge in [0.05, 0.1) is 0 Å². The van der Waals surface area contributed by atoms with Gasteiger partial charge < -0.3 is 10.5 Å². The van der Waals surface area contributed by atoms with Crippen molar-refractivity contribution in [2.75, 3.05) is 0 Å². The lowest BCUT2D eigenvalue weighted by Gasteiger charge is -1.95. The van der Waals surface area contributed by atoms with E-state index in [2.05, 4.69) is 0 Å². The van der Waals surface area contributed by atoms with E-state index in [-0.39, 0.29) is 11.7 Å². The molecular formula is C8H15NO2. The molecule has 2 N–H and O–H groups in total. The van der Waals surface area contributed by atoms with Crippen molar-refractivity contribution in [2.45, 2.75) is 39.0 Å². The summed E-state index contributed by atoms with van der Waals surface area (Å²) < 4.78 is 0. The topological polar surface area (TPSA) is 60.2 Å². The summed E-state index contributed by atoms with van der Waals surface area (Å²) in [7, 11) is 0. The quantitative estimate of drug-likeness (QED) is 0.585. The van der Waals surface area contributed by atoms with E-state index in [1.54, 1.807) is 6.92 Å². The highest BCUT2D eigenvalue weighted by Gasteiger charge is 1.95. The molecule has 3 nitrogen and oxygen atoms in total. The van der Waals surface area contributed by atoms with Gasteiger partial charge >= 0.3 is 0 Å². The number of hydrogen-bond donors (Lipinski definition) is 1. The molecule has 0 saturated carbocycles. The van der Waals surface area contributed by atoms with Crippen molar-refractivity contribution in [3.63, 3.8) is 0 Å². The van der Waals surface area contributed by atoms with Crippen LogP contribution in [0.5, 0.6) is 0 Å². The molecule has 0 radical (unpaired) electrons. The molecule has 0 rings (SSSR count). The Labute approximate surface area is 67.0 Å². The predicted octanol–water partition coefficient (Wildman–Crippen LogP) is 1.01. The first kappa shape index (κ1) is 10.1. The molecule has 0 unspecified atom stereocenters. The molecule has 64 valence electrons. The molecule has 0 aliphatic carbocycles. The van der Waals surface area contributed by atoms with Gasteiger partial charge in [-0.25, -0.2) is 0 Å². The molecule has 0 aromatic heterocycles. The number of rotatable bonds is 6. The Balaban J connectivity index is 3.03. The monoisotopic (exact) mass is 157 g/mol. The lowest BCUT2D eigenvalue weighted by molar-refractivity contribution is -0.118. The zero-order valence-electron chi connectivity index (χ0n) is 6.93. The van der Waals surface area contributed by atoms with Gasteiger partial charge in [-0.1, -0.05) is 6.42 Å². The summed E-state index contributed by atoms with van der Waals surface area (Å²) in [5, 5.41) is 0. The first-order chi connectivity index (χ1) is 5.13. The van der Waals surface area contributed by atoms with Crippen molar-refractivity contribution in [3.8, 4) is 0 Å². The summed E-state index contributed by atoms with van der Waals surface area (Å²) in [6, 6.07) is 0. The fourth-order valence-corrected chi connectivity index (χ4v) is 0.850. The maximum atomic E-state index is 10.4. The van der Waals surface area contributed by atoms with E-state index in [0.717, 1.165) is 19.3 Å². The van der Waals surface area contributed by atoms with E-state index in [1.807, 2.05) is 0 Å². The molecule has 11 heavy (non-hydrogen) atoms. The third-order valence-corrected chi connectivity index (χ3v) is 1.45. The maximum absolute atomic E-state index is 10.4. The van der Waals surface area contributed by atoms with E-state index in [9.17, 15) is 9.59 Å². The molecule has 0 bridgehead atoms. The number of nitrogens with two attached hydrogens (primary N) is 1. The largest absolute Gasteiger partial charge is 0.370 e. The molecule has 0 heterocycles. The number of ketones is 1. The van der Waals surface area contributed by atoms with Crippen LogP contribution >= 0.6 is 0 Å². The van der Waals surface area contributed by atoms with Crippen molar-refractivity contribution in [3.05, 3.63) is 0 Å². The molecule has 0 saturated heterocycles. The molecule has 0 aromatic rings. The van der Waals surface area contributed by atoms with Crippen molar-refractivity contribution < 1.29 is 9.59 Å². The molecule has 0 aliphatic rings. The van der Waals surface area contributed by atoms with Gasteiger partial charge in [0, 0.05) is 12.8 Å². The van der Waals surface area contributed by atoms with Crippen LogP contribution in [-0.4, -0.2) is 11.7 Å². The number of unbranched alkanes of at least 4 members (excludes halogenated alkanes) is 2. The van der Waals surface area contributed by atoms with Crippen molar-refractivity contribution in [1.29, 1.82) is 0 Å². The Bertz CT molecular complexity index is 127. The molecule has 0 aliphatic heterocycles. The molecule has 3 heteroatoms. The SMILES string of the molecule is CC(=O)CCCCCC(N)=O. The fourth-order valence-electron chi connectivity index (χ4n) is 0.850. The average Bonchev–Trinajstić information content (AvgIpc) is 1.85. The van der Waals surface area contributed by atoms with Gasteiger partial charge in [0.15, 0.2) is 0 Å². The minimum atomic E-state index is -0.257. The van der Waals surface area contributed by atoms with Crippen LogP contribution in [-0.2, 0) is 9.59 Å². The Morgan fingerprint density at radius 2 is 1.64 bits per heavy atom. The van der Waals surface area contributed by atoms with Gasteiger partial charge in [0.2, 0.25) is 5.91 Å². The second-order valence-corrected chi connectivity index (χ2v) is 2.73. The van der Waals surface area contributed by atoms with Crippen molar-refractivity contribution >= 4 is 11.7 Å². The number of carbonyl (C=O) groups is 2. The highest BCUT2D eigenvalue weighted by atomic mass is 16.1. The third kappa shape index (κ3) is 9.14. The molecule has 0 aromatic carbocycles. The molecule has 0 spiro atoms. The molecule has 1 amide bonds. The van der Waals surface area contributed by atoms with Gasteiger partial charge in [-0.2, -0.15) is 0 Å². The van der Waals surface area contributed by atoms with Crippen molar-refractivity contribution in [2.24, 2.45) is 5.73 Å². The third-order valence-electron chi connectivity index (χ3n) is 1.45. The highest BCUT2D eigenvalue weighted by molar-refractivity contribution is 5.75. The predicted molar refractivity (Wildman–Crippen MR) is 43.0 cm³/mol. The summed E-state index contributed by atoms with van der Waals surface area (Å²) in [4.78, 5) is 20.7. The Morgan fingerprint density at radius 1 is 1.09 bits per heavy atom. The summed E-state index contributed by atoms with van der Waals surface area (Å²) in [6.45, 7) is 1.58. The van der Waals surface area contributed by atoms with Crippen LogP contribution in [0.3, 0.4) is 0 Å². The number of primary amides is 1. The lowest BCUT2D eigenvalue weighted by Crippen LogP contribution is -2.09. The smallest absolute Gasteiger partial charge is 0.217 e. The molecule has 0 atom stereocenters. The van der Waals surface area contributed by atoms with E-state index in [4.69, 9.17) is 5.73 Å². The first-order valence-corrected chi connectivity index (χ1v) is 3.90. The van der Waals surface area contributed by atoms with Gasteiger partial charge in [0.1, 0.15) is 5.78 Å². The first-order valence-electron chi connectivity index (χ1n) is 3.90. The number of carbonyl (C=O) groups excluding carboxylic acids is 2. The Kier molecular flexibility index (Phi) is 5.43. The van der Waals surface area contributed by atoms with Crippen LogP contribution in [0.1, 0.15) is 39.0 Å². The maximum Gasteiger partial charge on any atom is 0.217 e. The standard InChI is InChI=1S/C8H15NO2/c1-7(10)5-3-2-4-6-8(9)11/h2-6H2,1H3,(H2,9,11). The Morgan fingerprint density at radius 3 is 2.09 bits per heavy atom. The van der Waals surface area contributed by atoms with Crippen LogP contribution < -0.4 is 5.73 Å². The summed E-state index contributed by atoms with van der Waals surface area (Å²) >= 11 is 0.